The van der Waals surface area contributed by atoms with Crippen LogP contribution in [0, 0.1) is 0 Å². The fourth-order valence-electron chi connectivity index (χ4n) is 1.42. The Balaban J connectivity index is 2.18. The molecule has 0 heterocycles. The molecular formula is C11H14O5. The molecule has 1 aliphatic rings. The first kappa shape index (κ1) is 12.4. The van der Waals surface area contributed by atoms with Crippen LogP contribution in [0.25, 0.3) is 0 Å². The highest BCUT2D eigenvalue weighted by molar-refractivity contribution is 5.98. The molecule has 0 amide bonds. The van der Waals surface area contributed by atoms with Gasteiger partial charge in [0.05, 0.1) is 12.4 Å². The molecule has 0 aromatic rings. The third-order valence-electron chi connectivity index (χ3n) is 2.13. The maximum atomic E-state index is 11.2. The molecule has 1 unspecified atom stereocenters. The Hall–Kier alpha value is -1.62. The lowest BCUT2D eigenvalue weighted by Crippen LogP contribution is -2.02. The number of rotatable bonds is 6. The van der Waals surface area contributed by atoms with Crippen molar-refractivity contribution < 1.29 is 24.5 Å². The molecule has 0 bridgehead atoms. The Kier molecular flexibility index (Phi) is 4.72. The highest BCUT2D eigenvalue weighted by Gasteiger charge is 2.20. The van der Waals surface area contributed by atoms with Crippen LogP contribution in [0.3, 0.4) is 0 Å². The van der Waals surface area contributed by atoms with Gasteiger partial charge in [-0.15, -0.1) is 0 Å². The molecule has 1 aliphatic carbocycles. The summed E-state index contributed by atoms with van der Waals surface area (Å²) in [5.41, 5.74) is 0.635. The van der Waals surface area contributed by atoms with Gasteiger partial charge in [0.1, 0.15) is 0 Å². The van der Waals surface area contributed by atoms with Crippen molar-refractivity contribution in [1.82, 2.24) is 0 Å². The van der Waals surface area contributed by atoms with Crippen LogP contribution in [0.1, 0.15) is 19.3 Å². The lowest BCUT2D eigenvalue weighted by molar-refractivity contribution is -0.140. The first-order valence-electron chi connectivity index (χ1n) is 5.00. The smallest absolute Gasteiger partial charge is 0.341 e. The standard InChI is InChI=1S/C11H14O5/c12-9-5-8(10(13)6-9)3-1-2-4-16-7-11(14)15/h2,4-5,9,12H,1,3,6-7H2,(H,14,15)/b4-2-. The maximum absolute atomic E-state index is 11.2. The number of aliphatic hydroxyl groups is 1. The summed E-state index contributed by atoms with van der Waals surface area (Å²) < 4.78 is 4.67. The number of carboxylic acids is 1. The van der Waals surface area contributed by atoms with Crippen LogP contribution in [0.4, 0.5) is 0 Å². The van der Waals surface area contributed by atoms with Crippen LogP contribution < -0.4 is 0 Å². The van der Waals surface area contributed by atoms with E-state index < -0.39 is 12.1 Å². The molecule has 5 nitrogen and oxygen atoms in total. The summed E-state index contributed by atoms with van der Waals surface area (Å²) in [6.45, 7) is -0.364. The van der Waals surface area contributed by atoms with Gasteiger partial charge in [0.25, 0.3) is 0 Å². The van der Waals surface area contributed by atoms with Crippen molar-refractivity contribution in [2.24, 2.45) is 0 Å². The van der Waals surface area contributed by atoms with E-state index >= 15 is 0 Å². The van der Waals surface area contributed by atoms with Gasteiger partial charge in [-0.3, -0.25) is 4.79 Å². The van der Waals surface area contributed by atoms with Crippen LogP contribution in [0.2, 0.25) is 0 Å². The van der Waals surface area contributed by atoms with Gasteiger partial charge in [-0.25, -0.2) is 4.79 Å². The number of Topliss-reactive ketones (excluding diaryl/α,β-unsaturated/α-hetero) is 1. The molecule has 16 heavy (non-hydrogen) atoms. The van der Waals surface area contributed by atoms with E-state index in [1.165, 1.54) is 6.26 Å². The first-order chi connectivity index (χ1) is 7.59. The minimum Gasteiger partial charge on any atom is -0.490 e. The van der Waals surface area contributed by atoms with Crippen molar-refractivity contribution in [2.75, 3.05) is 6.61 Å². The molecule has 0 aromatic carbocycles. The van der Waals surface area contributed by atoms with Crippen molar-refractivity contribution in [3.63, 3.8) is 0 Å². The van der Waals surface area contributed by atoms with Crippen LogP contribution in [0.15, 0.2) is 24.0 Å². The number of hydrogen-bond acceptors (Lipinski definition) is 4. The number of allylic oxidation sites excluding steroid dienone is 2. The molecule has 1 rings (SSSR count). The Labute approximate surface area is 93.0 Å². The van der Waals surface area contributed by atoms with Crippen molar-refractivity contribution >= 4 is 11.8 Å². The van der Waals surface area contributed by atoms with Gasteiger partial charge in [-0.1, -0.05) is 0 Å². The van der Waals surface area contributed by atoms with Crippen LogP contribution in [-0.2, 0) is 14.3 Å². The number of carbonyl (C=O) groups is 2. The third-order valence-corrected chi connectivity index (χ3v) is 2.13. The minimum absolute atomic E-state index is 0.0210. The number of ether oxygens (including phenoxy) is 1. The zero-order chi connectivity index (χ0) is 12.0. The highest BCUT2D eigenvalue weighted by atomic mass is 16.5. The Morgan fingerprint density at radius 2 is 2.38 bits per heavy atom. The summed E-state index contributed by atoms with van der Waals surface area (Å²) >= 11 is 0. The molecule has 0 aromatic heterocycles. The van der Waals surface area contributed by atoms with E-state index in [1.54, 1.807) is 12.2 Å². The average Bonchev–Trinajstić information content (AvgIpc) is 2.50. The van der Waals surface area contributed by atoms with Crippen molar-refractivity contribution in [1.29, 1.82) is 0 Å². The molecule has 2 N–H and O–H groups in total. The second kappa shape index (κ2) is 6.07. The molecule has 0 spiro atoms. The van der Waals surface area contributed by atoms with E-state index in [0.717, 1.165) is 0 Å². The zero-order valence-corrected chi connectivity index (χ0v) is 8.76. The van der Waals surface area contributed by atoms with Crippen LogP contribution in [-0.4, -0.2) is 34.7 Å². The van der Waals surface area contributed by atoms with E-state index in [0.29, 0.717) is 18.4 Å². The van der Waals surface area contributed by atoms with Gasteiger partial charge < -0.3 is 14.9 Å². The number of carboxylic acid groups (broad SMARTS) is 1. The molecule has 88 valence electrons. The summed E-state index contributed by atoms with van der Waals surface area (Å²) in [5.74, 6) is -1.05. The van der Waals surface area contributed by atoms with E-state index in [-0.39, 0.29) is 18.8 Å². The van der Waals surface area contributed by atoms with Gasteiger partial charge in [-0.2, -0.15) is 0 Å². The molecular weight excluding hydrogens is 212 g/mol. The largest absolute Gasteiger partial charge is 0.490 e. The monoisotopic (exact) mass is 226 g/mol. The van der Waals surface area contributed by atoms with Gasteiger partial charge >= 0.3 is 5.97 Å². The molecule has 0 saturated carbocycles. The molecule has 0 saturated heterocycles. The maximum Gasteiger partial charge on any atom is 0.341 e. The molecule has 1 atom stereocenters. The second-order valence-electron chi connectivity index (χ2n) is 3.50. The number of aliphatic carboxylic acids is 1. The quantitative estimate of drug-likeness (QED) is 0.649. The Bertz CT molecular complexity index is 329. The summed E-state index contributed by atoms with van der Waals surface area (Å²) in [4.78, 5) is 21.3. The van der Waals surface area contributed by atoms with Crippen molar-refractivity contribution in [3.8, 4) is 0 Å². The van der Waals surface area contributed by atoms with Gasteiger partial charge in [0, 0.05) is 6.42 Å². The number of carbonyl (C=O) groups excluding carboxylic acids is 1. The minimum atomic E-state index is -1.03. The van der Waals surface area contributed by atoms with E-state index in [2.05, 4.69) is 4.74 Å². The average molecular weight is 226 g/mol. The fourth-order valence-corrected chi connectivity index (χ4v) is 1.42. The van der Waals surface area contributed by atoms with Crippen molar-refractivity contribution in [3.05, 3.63) is 24.0 Å². The molecule has 5 heteroatoms. The van der Waals surface area contributed by atoms with Crippen LogP contribution in [0.5, 0.6) is 0 Å². The summed E-state index contributed by atoms with van der Waals surface area (Å²) in [6, 6.07) is 0. The Morgan fingerprint density at radius 3 is 2.94 bits per heavy atom. The van der Waals surface area contributed by atoms with E-state index in [9.17, 15) is 9.59 Å². The number of hydrogen-bond donors (Lipinski definition) is 2. The predicted octanol–water partition coefficient (Wildman–Crippen LogP) is 0.642. The second-order valence-corrected chi connectivity index (χ2v) is 3.50. The third kappa shape index (κ3) is 4.27. The lowest BCUT2D eigenvalue weighted by Gasteiger charge is -1.96. The molecule has 0 aliphatic heterocycles. The summed E-state index contributed by atoms with van der Waals surface area (Å²) in [7, 11) is 0. The summed E-state index contributed by atoms with van der Waals surface area (Å²) in [5, 5.41) is 17.4. The highest BCUT2D eigenvalue weighted by Crippen LogP contribution is 2.19. The fraction of sp³-hybridized carbons (Fsp3) is 0.455. The zero-order valence-electron chi connectivity index (χ0n) is 8.76. The van der Waals surface area contributed by atoms with Gasteiger partial charge in [-0.05, 0) is 30.6 Å². The topological polar surface area (TPSA) is 83.8 Å². The van der Waals surface area contributed by atoms with Gasteiger partial charge in [0.15, 0.2) is 12.4 Å². The van der Waals surface area contributed by atoms with Crippen LogP contribution >= 0.6 is 0 Å². The molecule has 0 fully saturated rings. The number of aliphatic hydroxyl groups excluding tert-OH is 1. The SMILES string of the molecule is O=C(O)CO/C=C\CCC1=CC(O)CC1=O. The normalized spacial score (nSPS) is 20.2. The molecule has 0 radical (unpaired) electrons. The van der Waals surface area contributed by atoms with Crippen molar-refractivity contribution in [2.45, 2.75) is 25.4 Å². The lowest BCUT2D eigenvalue weighted by atomic mass is 10.1. The van der Waals surface area contributed by atoms with E-state index in [1.807, 2.05) is 0 Å². The number of ketones is 1. The Morgan fingerprint density at radius 1 is 1.62 bits per heavy atom. The van der Waals surface area contributed by atoms with Gasteiger partial charge in [0.2, 0.25) is 0 Å². The van der Waals surface area contributed by atoms with E-state index in [4.69, 9.17) is 10.2 Å². The predicted molar refractivity (Wildman–Crippen MR) is 55.7 cm³/mol. The summed E-state index contributed by atoms with van der Waals surface area (Å²) in [6.07, 6.45) is 5.19. The first-order valence-corrected chi connectivity index (χ1v) is 5.00.